The van der Waals surface area contributed by atoms with Crippen molar-refractivity contribution in [3.05, 3.63) is 59.7 Å². The van der Waals surface area contributed by atoms with Crippen molar-refractivity contribution in [1.82, 2.24) is 4.31 Å². The van der Waals surface area contributed by atoms with E-state index in [0.29, 0.717) is 17.1 Å². The van der Waals surface area contributed by atoms with Gasteiger partial charge >= 0.3 is 0 Å². The molecule has 0 unspecified atom stereocenters. The van der Waals surface area contributed by atoms with Crippen LogP contribution in [0.25, 0.3) is 0 Å². The third kappa shape index (κ3) is 3.18. The molecule has 106 valence electrons. The Labute approximate surface area is 119 Å². The van der Waals surface area contributed by atoms with Crippen molar-refractivity contribution in [2.45, 2.75) is 18.4 Å². The molecule has 2 rings (SSSR count). The molecule has 2 aromatic carbocycles. The Morgan fingerprint density at radius 1 is 1.00 bits per heavy atom. The van der Waals surface area contributed by atoms with Gasteiger partial charge in [0.2, 0.25) is 10.0 Å². The molecule has 2 N–H and O–H groups in total. The summed E-state index contributed by atoms with van der Waals surface area (Å²) < 4.78 is 26.2. The first kappa shape index (κ1) is 14.6. The molecule has 0 fully saturated rings. The summed E-state index contributed by atoms with van der Waals surface area (Å²) in [5.74, 6) is 0. The molecule has 0 aliphatic rings. The summed E-state index contributed by atoms with van der Waals surface area (Å²) in [7, 11) is -1.89. The summed E-state index contributed by atoms with van der Waals surface area (Å²) in [5.41, 5.74) is 8.21. The van der Waals surface area contributed by atoms with Gasteiger partial charge in [-0.25, -0.2) is 8.42 Å². The predicted molar refractivity (Wildman–Crippen MR) is 80.7 cm³/mol. The Bertz CT molecular complexity index is 677. The maximum Gasteiger partial charge on any atom is 0.243 e. The second-order valence-corrected chi connectivity index (χ2v) is 6.86. The molecule has 5 heteroatoms. The van der Waals surface area contributed by atoms with Crippen LogP contribution in [0, 0.1) is 6.92 Å². The van der Waals surface area contributed by atoms with Crippen LogP contribution in [0.3, 0.4) is 0 Å². The fraction of sp³-hybridized carbons (Fsp3) is 0.200. The Hall–Kier alpha value is -1.85. The lowest BCUT2D eigenvalue weighted by atomic mass is 10.2. The van der Waals surface area contributed by atoms with Crippen LogP contribution in [-0.4, -0.2) is 19.8 Å². The van der Waals surface area contributed by atoms with Crippen molar-refractivity contribution < 1.29 is 8.42 Å². The summed E-state index contributed by atoms with van der Waals surface area (Å²) in [6, 6.07) is 14.0. The van der Waals surface area contributed by atoms with Gasteiger partial charge in [-0.3, -0.25) is 0 Å². The van der Waals surface area contributed by atoms with Crippen molar-refractivity contribution >= 4 is 15.7 Å². The van der Waals surface area contributed by atoms with Crippen LogP contribution in [0.1, 0.15) is 11.1 Å². The van der Waals surface area contributed by atoms with Crippen LogP contribution in [-0.2, 0) is 16.6 Å². The zero-order valence-corrected chi connectivity index (χ0v) is 12.4. The fourth-order valence-corrected chi connectivity index (χ4v) is 3.01. The van der Waals surface area contributed by atoms with Gasteiger partial charge in [0.1, 0.15) is 0 Å². The van der Waals surface area contributed by atoms with Crippen molar-refractivity contribution in [2.75, 3.05) is 12.8 Å². The van der Waals surface area contributed by atoms with Crippen molar-refractivity contribution in [3.8, 4) is 0 Å². The van der Waals surface area contributed by atoms with Gasteiger partial charge in [0, 0.05) is 19.3 Å². The minimum atomic E-state index is -3.46. The summed E-state index contributed by atoms with van der Waals surface area (Å²) in [4.78, 5) is 0.307. The number of nitrogen functional groups attached to an aromatic ring is 1. The highest BCUT2D eigenvalue weighted by atomic mass is 32.2. The Morgan fingerprint density at radius 3 is 2.10 bits per heavy atom. The highest BCUT2D eigenvalue weighted by Crippen LogP contribution is 2.17. The zero-order valence-electron chi connectivity index (χ0n) is 11.6. The lowest BCUT2D eigenvalue weighted by Crippen LogP contribution is -2.26. The molecule has 2 aromatic rings. The monoisotopic (exact) mass is 290 g/mol. The summed E-state index contributed by atoms with van der Waals surface area (Å²) >= 11 is 0. The third-order valence-electron chi connectivity index (χ3n) is 3.11. The molecular weight excluding hydrogens is 272 g/mol. The van der Waals surface area contributed by atoms with Gasteiger partial charge in [0.25, 0.3) is 0 Å². The van der Waals surface area contributed by atoms with Crippen LogP contribution in [0.15, 0.2) is 53.4 Å². The molecule has 0 saturated heterocycles. The number of aryl methyl sites for hydroxylation is 1. The van der Waals surface area contributed by atoms with E-state index in [9.17, 15) is 8.42 Å². The Balaban J connectivity index is 2.21. The third-order valence-corrected chi connectivity index (χ3v) is 4.93. The largest absolute Gasteiger partial charge is 0.399 e. The number of rotatable bonds is 4. The number of benzene rings is 2. The van der Waals surface area contributed by atoms with Crippen molar-refractivity contribution in [1.29, 1.82) is 0 Å². The normalized spacial score (nSPS) is 11.8. The van der Waals surface area contributed by atoms with Gasteiger partial charge in [0.05, 0.1) is 4.90 Å². The van der Waals surface area contributed by atoms with Gasteiger partial charge in [-0.1, -0.05) is 29.8 Å². The number of nitrogens with two attached hydrogens (primary N) is 1. The number of hydrogen-bond acceptors (Lipinski definition) is 3. The van der Waals surface area contributed by atoms with Crippen LogP contribution in [0.5, 0.6) is 0 Å². The molecule has 4 nitrogen and oxygen atoms in total. The minimum absolute atomic E-state index is 0.307. The fourth-order valence-electron chi connectivity index (χ4n) is 1.86. The van der Waals surface area contributed by atoms with E-state index in [1.807, 2.05) is 19.1 Å². The summed E-state index contributed by atoms with van der Waals surface area (Å²) in [6.07, 6.45) is 0. The van der Waals surface area contributed by atoms with E-state index < -0.39 is 10.0 Å². The molecule has 0 amide bonds. The number of nitrogens with zero attached hydrogens (tertiary/aromatic N) is 1. The van der Waals surface area contributed by atoms with E-state index in [4.69, 9.17) is 5.73 Å². The molecular formula is C15H18N2O2S. The molecule has 0 spiro atoms. The SMILES string of the molecule is Cc1ccc(S(=O)(=O)N(C)Cc2ccc(N)cc2)cc1. The average molecular weight is 290 g/mol. The summed E-state index contributed by atoms with van der Waals surface area (Å²) in [6.45, 7) is 2.24. The van der Waals surface area contributed by atoms with Crippen LogP contribution < -0.4 is 5.73 Å². The van der Waals surface area contributed by atoms with Crippen LogP contribution >= 0.6 is 0 Å². The van der Waals surface area contributed by atoms with Gasteiger partial charge in [-0.2, -0.15) is 4.31 Å². The van der Waals surface area contributed by atoms with E-state index >= 15 is 0 Å². The topological polar surface area (TPSA) is 63.4 Å². The first-order valence-electron chi connectivity index (χ1n) is 6.27. The second-order valence-electron chi connectivity index (χ2n) is 4.82. The Kier molecular flexibility index (Phi) is 4.11. The molecule has 0 saturated carbocycles. The van der Waals surface area contributed by atoms with Crippen LogP contribution in [0.2, 0.25) is 0 Å². The molecule has 0 aromatic heterocycles. The van der Waals surface area contributed by atoms with E-state index in [-0.39, 0.29) is 0 Å². The number of hydrogen-bond donors (Lipinski definition) is 1. The van der Waals surface area contributed by atoms with E-state index in [1.165, 1.54) is 4.31 Å². The highest BCUT2D eigenvalue weighted by Gasteiger charge is 2.20. The standard InChI is InChI=1S/C15H18N2O2S/c1-12-3-9-15(10-4-12)20(18,19)17(2)11-13-5-7-14(16)8-6-13/h3-10H,11,16H2,1-2H3. The van der Waals surface area contributed by atoms with Crippen molar-refractivity contribution in [2.24, 2.45) is 0 Å². The molecule has 0 atom stereocenters. The first-order valence-corrected chi connectivity index (χ1v) is 7.71. The van der Waals surface area contributed by atoms with Crippen LogP contribution in [0.4, 0.5) is 5.69 Å². The van der Waals surface area contributed by atoms with E-state index in [2.05, 4.69) is 0 Å². The summed E-state index contributed by atoms with van der Waals surface area (Å²) in [5, 5.41) is 0. The zero-order chi connectivity index (χ0) is 14.8. The van der Waals surface area contributed by atoms with E-state index in [0.717, 1.165) is 11.1 Å². The smallest absolute Gasteiger partial charge is 0.243 e. The maximum absolute atomic E-state index is 12.4. The molecule has 0 aliphatic heterocycles. The lowest BCUT2D eigenvalue weighted by Gasteiger charge is -2.17. The molecule has 20 heavy (non-hydrogen) atoms. The molecule has 0 aliphatic carbocycles. The van der Waals surface area contributed by atoms with Gasteiger partial charge in [0.15, 0.2) is 0 Å². The lowest BCUT2D eigenvalue weighted by molar-refractivity contribution is 0.467. The number of anilines is 1. The molecule has 0 heterocycles. The van der Waals surface area contributed by atoms with Gasteiger partial charge in [-0.05, 0) is 36.8 Å². The Morgan fingerprint density at radius 2 is 1.55 bits per heavy atom. The van der Waals surface area contributed by atoms with Crippen molar-refractivity contribution in [3.63, 3.8) is 0 Å². The van der Waals surface area contributed by atoms with Gasteiger partial charge in [-0.15, -0.1) is 0 Å². The molecule has 0 bridgehead atoms. The minimum Gasteiger partial charge on any atom is -0.399 e. The number of sulfonamides is 1. The quantitative estimate of drug-likeness (QED) is 0.879. The first-order chi connectivity index (χ1) is 9.39. The highest BCUT2D eigenvalue weighted by molar-refractivity contribution is 7.89. The van der Waals surface area contributed by atoms with Gasteiger partial charge < -0.3 is 5.73 Å². The molecule has 0 radical (unpaired) electrons. The predicted octanol–water partition coefficient (Wildman–Crippen LogP) is 2.40. The maximum atomic E-state index is 12.4. The van der Waals surface area contributed by atoms with E-state index in [1.54, 1.807) is 43.4 Å². The second kappa shape index (κ2) is 5.64. The average Bonchev–Trinajstić information content (AvgIpc) is 2.42.